The van der Waals surface area contributed by atoms with E-state index in [-0.39, 0.29) is 12.2 Å². The number of methoxy groups -OCH3 is 1. The molecule has 0 N–H and O–H groups in total. The Kier molecular flexibility index (Phi) is 6.08. The number of rotatable bonds is 5. The number of aromatic nitrogens is 2. The SMILES string of the molecule is COc1ccc(Br)cc1/C=C/C(=O)OCc1cc(=O)n2cc(Br)ccc2n1. The van der Waals surface area contributed by atoms with Crippen LogP contribution in [0.15, 0.2) is 62.4 Å². The van der Waals surface area contributed by atoms with Gasteiger partial charge in [-0.15, -0.1) is 0 Å². The molecule has 0 saturated carbocycles. The Balaban J connectivity index is 1.71. The second-order valence-corrected chi connectivity index (χ2v) is 7.32. The number of benzene rings is 1. The van der Waals surface area contributed by atoms with Crippen LogP contribution < -0.4 is 10.3 Å². The van der Waals surface area contributed by atoms with Crippen molar-refractivity contribution < 1.29 is 14.3 Å². The molecule has 0 fully saturated rings. The third kappa shape index (κ3) is 4.84. The second-order valence-electron chi connectivity index (χ2n) is 5.49. The zero-order valence-corrected chi connectivity index (χ0v) is 17.4. The summed E-state index contributed by atoms with van der Waals surface area (Å²) in [5.41, 5.74) is 1.34. The monoisotopic (exact) mass is 492 g/mol. The first kappa shape index (κ1) is 19.3. The standard InChI is InChI=1S/C19H14Br2N2O4/c1-26-16-5-3-13(20)8-12(16)2-7-19(25)27-11-15-9-18(24)23-10-14(21)4-6-17(23)22-15/h2-10H,11H2,1H3/b7-2+. The molecule has 3 aromatic rings. The van der Waals surface area contributed by atoms with Crippen molar-refractivity contribution in [3.63, 3.8) is 0 Å². The predicted molar refractivity (Wildman–Crippen MR) is 109 cm³/mol. The van der Waals surface area contributed by atoms with E-state index in [4.69, 9.17) is 9.47 Å². The summed E-state index contributed by atoms with van der Waals surface area (Å²) in [4.78, 5) is 28.4. The summed E-state index contributed by atoms with van der Waals surface area (Å²) in [6.45, 7) is -0.0966. The molecule has 2 aromatic heterocycles. The van der Waals surface area contributed by atoms with Crippen molar-refractivity contribution in [2.24, 2.45) is 0 Å². The Morgan fingerprint density at radius 3 is 2.74 bits per heavy atom. The van der Waals surface area contributed by atoms with Crippen LogP contribution in [-0.4, -0.2) is 22.5 Å². The van der Waals surface area contributed by atoms with Crippen LogP contribution in [0.4, 0.5) is 0 Å². The molecule has 138 valence electrons. The molecular formula is C19H14Br2N2O4. The van der Waals surface area contributed by atoms with Gasteiger partial charge in [-0.2, -0.15) is 0 Å². The maximum Gasteiger partial charge on any atom is 0.331 e. The molecule has 0 aliphatic rings. The van der Waals surface area contributed by atoms with E-state index in [1.54, 1.807) is 37.6 Å². The molecule has 0 atom stereocenters. The van der Waals surface area contributed by atoms with Gasteiger partial charge in [-0.05, 0) is 52.3 Å². The Morgan fingerprint density at radius 1 is 1.19 bits per heavy atom. The summed E-state index contributed by atoms with van der Waals surface area (Å²) < 4.78 is 13.5. The van der Waals surface area contributed by atoms with Crippen molar-refractivity contribution in [2.75, 3.05) is 7.11 Å². The fourth-order valence-electron chi connectivity index (χ4n) is 2.39. The van der Waals surface area contributed by atoms with Gasteiger partial charge in [-0.3, -0.25) is 9.20 Å². The van der Waals surface area contributed by atoms with Crippen molar-refractivity contribution in [3.05, 3.63) is 79.2 Å². The highest BCUT2D eigenvalue weighted by atomic mass is 79.9. The fourth-order valence-corrected chi connectivity index (χ4v) is 3.10. The van der Waals surface area contributed by atoms with E-state index in [0.717, 1.165) is 14.5 Å². The summed E-state index contributed by atoms with van der Waals surface area (Å²) in [5, 5.41) is 0. The normalized spacial score (nSPS) is 11.1. The van der Waals surface area contributed by atoms with Gasteiger partial charge in [0, 0.05) is 32.8 Å². The summed E-state index contributed by atoms with van der Waals surface area (Å²) in [7, 11) is 1.56. The van der Waals surface area contributed by atoms with Gasteiger partial charge in [0.2, 0.25) is 0 Å². The Labute approximate surface area is 171 Å². The topological polar surface area (TPSA) is 69.9 Å². The molecule has 0 aliphatic heterocycles. The first-order chi connectivity index (χ1) is 13.0. The molecule has 1 aromatic carbocycles. The highest BCUT2D eigenvalue weighted by Crippen LogP contribution is 2.24. The van der Waals surface area contributed by atoms with Gasteiger partial charge < -0.3 is 9.47 Å². The summed E-state index contributed by atoms with van der Waals surface area (Å²) in [6, 6.07) is 10.3. The molecule has 0 amide bonds. The molecule has 0 aliphatic carbocycles. The van der Waals surface area contributed by atoms with Gasteiger partial charge in [0.1, 0.15) is 18.0 Å². The summed E-state index contributed by atoms with van der Waals surface area (Å²) >= 11 is 6.69. The maximum absolute atomic E-state index is 12.1. The van der Waals surface area contributed by atoms with E-state index in [9.17, 15) is 9.59 Å². The number of halogens is 2. The predicted octanol–water partition coefficient (Wildman–Crippen LogP) is 3.98. The third-order valence-corrected chi connectivity index (χ3v) is 4.59. The number of esters is 1. The van der Waals surface area contributed by atoms with Gasteiger partial charge in [0.15, 0.2) is 0 Å². The smallest absolute Gasteiger partial charge is 0.331 e. The van der Waals surface area contributed by atoms with Gasteiger partial charge in [0.05, 0.1) is 12.8 Å². The highest BCUT2D eigenvalue weighted by Gasteiger charge is 2.06. The lowest BCUT2D eigenvalue weighted by Gasteiger charge is -2.06. The van der Waals surface area contributed by atoms with Crippen molar-refractivity contribution in [1.29, 1.82) is 0 Å². The average Bonchev–Trinajstić information content (AvgIpc) is 2.65. The van der Waals surface area contributed by atoms with Crippen LogP contribution in [0.1, 0.15) is 11.3 Å². The van der Waals surface area contributed by atoms with Crippen LogP contribution in [0.2, 0.25) is 0 Å². The largest absolute Gasteiger partial charge is 0.496 e. The number of pyridine rings is 1. The lowest BCUT2D eigenvalue weighted by molar-refractivity contribution is -0.139. The molecule has 2 heterocycles. The molecule has 27 heavy (non-hydrogen) atoms. The van der Waals surface area contributed by atoms with Gasteiger partial charge in [0.25, 0.3) is 5.56 Å². The maximum atomic E-state index is 12.1. The van der Waals surface area contributed by atoms with Crippen molar-refractivity contribution in [1.82, 2.24) is 9.38 Å². The number of hydrogen-bond donors (Lipinski definition) is 0. The first-order valence-electron chi connectivity index (χ1n) is 7.82. The van der Waals surface area contributed by atoms with Crippen molar-refractivity contribution in [3.8, 4) is 5.75 Å². The number of ether oxygens (including phenoxy) is 2. The second kappa shape index (κ2) is 8.49. The molecule has 0 radical (unpaired) electrons. The van der Waals surface area contributed by atoms with E-state index in [1.807, 2.05) is 12.1 Å². The molecule has 0 unspecified atom stereocenters. The van der Waals surface area contributed by atoms with E-state index < -0.39 is 5.97 Å². The minimum Gasteiger partial charge on any atom is -0.496 e. The molecule has 0 bridgehead atoms. The lowest BCUT2D eigenvalue weighted by Crippen LogP contribution is -2.16. The quantitative estimate of drug-likeness (QED) is 0.397. The average molecular weight is 494 g/mol. The van der Waals surface area contributed by atoms with Gasteiger partial charge >= 0.3 is 5.97 Å². The van der Waals surface area contributed by atoms with Crippen LogP contribution in [0.25, 0.3) is 11.7 Å². The van der Waals surface area contributed by atoms with Crippen LogP contribution in [-0.2, 0) is 16.1 Å². The number of fused-ring (bicyclic) bond motifs is 1. The van der Waals surface area contributed by atoms with Crippen molar-refractivity contribution in [2.45, 2.75) is 6.61 Å². The van der Waals surface area contributed by atoms with E-state index in [0.29, 0.717) is 17.1 Å². The minimum absolute atomic E-state index is 0.0966. The summed E-state index contributed by atoms with van der Waals surface area (Å²) in [5.74, 6) is 0.0902. The first-order valence-corrected chi connectivity index (χ1v) is 9.41. The number of nitrogens with zero attached hydrogens (tertiary/aromatic N) is 2. The highest BCUT2D eigenvalue weighted by molar-refractivity contribution is 9.10. The van der Waals surface area contributed by atoms with E-state index >= 15 is 0 Å². The zero-order chi connectivity index (χ0) is 19.4. The third-order valence-electron chi connectivity index (χ3n) is 3.63. The Hall–Kier alpha value is -2.45. The Morgan fingerprint density at radius 2 is 1.96 bits per heavy atom. The van der Waals surface area contributed by atoms with Crippen LogP contribution >= 0.6 is 31.9 Å². The fraction of sp³-hybridized carbons (Fsp3) is 0.105. The van der Waals surface area contributed by atoms with Crippen LogP contribution in [0.5, 0.6) is 5.75 Å². The number of carbonyl (C=O) groups excluding carboxylic acids is 1. The lowest BCUT2D eigenvalue weighted by atomic mass is 10.2. The van der Waals surface area contributed by atoms with Crippen LogP contribution in [0.3, 0.4) is 0 Å². The summed E-state index contributed by atoms with van der Waals surface area (Å²) in [6.07, 6.45) is 4.54. The van der Waals surface area contributed by atoms with E-state index in [1.165, 1.54) is 16.5 Å². The molecule has 6 nitrogen and oxygen atoms in total. The zero-order valence-electron chi connectivity index (χ0n) is 14.2. The number of hydrogen-bond acceptors (Lipinski definition) is 5. The molecular weight excluding hydrogens is 480 g/mol. The molecule has 0 saturated heterocycles. The molecule has 3 rings (SSSR count). The Bertz CT molecular complexity index is 1090. The molecule has 8 heteroatoms. The van der Waals surface area contributed by atoms with E-state index in [2.05, 4.69) is 36.8 Å². The number of carbonyl (C=O) groups is 1. The van der Waals surface area contributed by atoms with Crippen molar-refractivity contribution >= 4 is 49.6 Å². The van der Waals surface area contributed by atoms with Crippen LogP contribution in [0, 0.1) is 0 Å². The van der Waals surface area contributed by atoms with Gasteiger partial charge in [-0.1, -0.05) is 15.9 Å². The van der Waals surface area contributed by atoms with Gasteiger partial charge in [-0.25, -0.2) is 9.78 Å². The minimum atomic E-state index is -0.546. The molecule has 0 spiro atoms.